The van der Waals surface area contributed by atoms with Gasteiger partial charge in [-0.15, -0.1) is 34.0 Å². The molecule has 0 fully saturated rings. The molecule has 1 nitrogen and oxygen atoms in total. The highest BCUT2D eigenvalue weighted by Gasteiger charge is 2.20. The highest BCUT2D eigenvalue weighted by atomic mass is 32.1. The van der Waals surface area contributed by atoms with Crippen LogP contribution in [0, 0.1) is 0 Å². The summed E-state index contributed by atoms with van der Waals surface area (Å²) < 4.78 is 7.99. The SMILES string of the molecule is c1ccc2cc(-c3ccc(N(c4ccc(-c5cccc6sc7ccc8c9ccccc9sc8c7c56)cc4)c4cccc5c4sc4cc6ccccc6cc45)cc3)ccc2c1. The number of anilines is 3. The Bertz CT molecular complexity index is 3830. The fraction of sp³-hybridized carbons (Fsp3) is 0. The molecule has 0 radical (unpaired) electrons. The zero-order chi connectivity index (χ0) is 39.3. The second-order valence-corrected chi connectivity index (χ2v) is 18.8. The van der Waals surface area contributed by atoms with Gasteiger partial charge < -0.3 is 4.90 Å². The second kappa shape index (κ2) is 13.4. The monoisotopic (exact) mass is 815 g/mol. The first kappa shape index (κ1) is 34.1. The summed E-state index contributed by atoms with van der Waals surface area (Å²) in [5.41, 5.74) is 8.36. The molecule has 10 aromatic carbocycles. The van der Waals surface area contributed by atoms with Crippen LogP contribution in [-0.2, 0) is 0 Å². The Morgan fingerprint density at radius 3 is 1.72 bits per heavy atom. The summed E-state index contributed by atoms with van der Waals surface area (Å²) in [4.78, 5) is 2.45. The summed E-state index contributed by atoms with van der Waals surface area (Å²) in [5.74, 6) is 0. The summed E-state index contributed by atoms with van der Waals surface area (Å²) >= 11 is 5.71. The van der Waals surface area contributed by atoms with Crippen LogP contribution in [0.1, 0.15) is 0 Å². The van der Waals surface area contributed by atoms with E-state index in [9.17, 15) is 0 Å². The predicted molar refractivity (Wildman–Crippen MR) is 266 cm³/mol. The highest BCUT2D eigenvalue weighted by molar-refractivity contribution is 7.30. The van der Waals surface area contributed by atoms with Crippen LogP contribution < -0.4 is 4.90 Å². The molecular weight excluding hydrogens is 783 g/mol. The van der Waals surface area contributed by atoms with Gasteiger partial charge in [0.15, 0.2) is 0 Å². The first-order valence-corrected chi connectivity index (χ1v) is 22.8. The number of hydrogen-bond acceptors (Lipinski definition) is 4. The zero-order valence-corrected chi connectivity index (χ0v) is 34.7. The van der Waals surface area contributed by atoms with Gasteiger partial charge in [0.25, 0.3) is 0 Å². The Labute approximate surface area is 358 Å². The van der Waals surface area contributed by atoms with E-state index in [-0.39, 0.29) is 0 Å². The van der Waals surface area contributed by atoms with E-state index >= 15 is 0 Å². The average Bonchev–Trinajstić information content (AvgIpc) is 4.00. The number of nitrogens with zero attached hydrogens (tertiary/aromatic N) is 1. The van der Waals surface area contributed by atoms with Gasteiger partial charge in [0.1, 0.15) is 0 Å². The number of benzene rings is 10. The first-order valence-electron chi connectivity index (χ1n) is 20.3. The van der Waals surface area contributed by atoms with Gasteiger partial charge in [-0.25, -0.2) is 0 Å². The van der Waals surface area contributed by atoms with Gasteiger partial charge in [0.05, 0.1) is 10.4 Å². The van der Waals surface area contributed by atoms with Gasteiger partial charge >= 0.3 is 0 Å². The van der Waals surface area contributed by atoms with Crippen molar-refractivity contribution < 1.29 is 0 Å². The summed E-state index contributed by atoms with van der Waals surface area (Å²) in [6.07, 6.45) is 0. The Balaban J connectivity index is 0.976. The smallest absolute Gasteiger partial charge is 0.0640 e. The molecule has 0 N–H and O–H groups in total. The molecule has 13 aromatic rings. The average molecular weight is 816 g/mol. The first-order chi connectivity index (χ1) is 29.7. The van der Waals surface area contributed by atoms with Crippen molar-refractivity contribution in [3.63, 3.8) is 0 Å². The van der Waals surface area contributed by atoms with Crippen molar-refractivity contribution in [3.8, 4) is 22.3 Å². The van der Waals surface area contributed by atoms with Crippen LogP contribution in [0.3, 0.4) is 0 Å². The molecule has 0 aliphatic carbocycles. The van der Waals surface area contributed by atoms with E-state index in [1.54, 1.807) is 0 Å². The summed E-state index contributed by atoms with van der Waals surface area (Å²) in [6.45, 7) is 0. The molecule has 0 saturated heterocycles. The molecule has 280 valence electrons. The molecule has 0 unspecified atom stereocenters. The predicted octanol–water partition coefficient (Wildman–Crippen LogP) is 17.9. The van der Waals surface area contributed by atoms with E-state index in [0.717, 1.165) is 11.4 Å². The normalized spacial score (nSPS) is 12.0. The Morgan fingerprint density at radius 1 is 0.300 bits per heavy atom. The van der Waals surface area contributed by atoms with Crippen LogP contribution in [0.15, 0.2) is 200 Å². The molecule has 0 spiro atoms. The molecule has 3 heterocycles. The van der Waals surface area contributed by atoms with Crippen molar-refractivity contribution in [2.75, 3.05) is 4.90 Å². The van der Waals surface area contributed by atoms with E-state index in [1.165, 1.54) is 110 Å². The Kier molecular flexibility index (Phi) is 7.58. The quantitative estimate of drug-likeness (QED) is 0.167. The number of fused-ring (bicyclic) bond motifs is 12. The van der Waals surface area contributed by atoms with Crippen LogP contribution in [0.25, 0.3) is 104 Å². The minimum atomic E-state index is 1.13. The molecule has 0 bridgehead atoms. The van der Waals surface area contributed by atoms with Crippen LogP contribution in [-0.4, -0.2) is 0 Å². The van der Waals surface area contributed by atoms with Crippen molar-refractivity contribution in [2.45, 2.75) is 0 Å². The zero-order valence-electron chi connectivity index (χ0n) is 32.2. The van der Waals surface area contributed by atoms with E-state index in [2.05, 4.69) is 205 Å². The third-order valence-electron chi connectivity index (χ3n) is 12.2. The lowest BCUT2D eigenvalue weighted by molar-refractivity contribution is 1.30. The largest absolute Gasteiger partial charge is 0.309 e. The van der Waals surface area contributed by atoms with Crippen LogP contribution >= 0.6 is 34.0 Å². The van der Waals surface area contributed by atoms with Crippen molar-refractivity contribution >= 4 is 133 Å². The van der Waals surface area contributed by atoms with Crippen molar-refractivity contribution in [2.24, 2.45) is 0 Å². The molecule has 0 aliphatic heterocycles. The fourth-order valence-electron chi connectivity index (χ4n) is 9.36. The van der Waals surface area contributed by atoms with E-state index in [4.69, 9.17) is 0 Å². The van der Waals surface area contributed by atoms with E-state index in [0.29, 0.717) is 0 Å². The minimum absolute atomic E-state index is 1.13. The minimum Gasteiger partial charge on any atom is -0.309 e. The van der Waals surface area contributed by atoms with E-state index < -0.39 is 0 Å². The van der Waals surface area contributed by atoms with Gasteiger partial charge in [-0.1, -0.05) is 133 Å². The molecule has 3 aromatic heterocycles. The van der Waals surface area contributed by atoms with Gasteiger partial charge in [-0.2, -0.15) is 0 Å². The second-order valence-electron chi connectivity index (χ2n) is 15.6. The molecule has 0 aliphatic rings. The summed E-state index contributed by atoms with van der Waals surface area (Å²) in [7, 11) is 0. The van der Waals surface area contributed by atoms with E-state index in [1.807, 2.05) is 34.0 Å². The lowest BCUT2D eigenvalue weighted by atomic mass is 9.98. The highest BCUT2D eigenvalue weighted by Crippen LogP contribution is 2.49. The molecule has 0 saturated carbocycles. The maximum absolute atomic E-state index is 2.45. The molecule has 13 rings (SSSR count). The number of rotatable bonds is 5. The molecule has 60 heavy (non-hydrogen) atoms. The molecular formula is C56H33NS3. The molecule has 0 amide bonds. The van der Waals surface area contributed by atoms with Crippen molar-refractivity contribution in [3.05, 3.63) is 200 Å². The standard InChI is InChI=1S/C56H33NS3/c1-2-10-37-31-40(20-19-34(37)9-1)35-21-25-41(26-22-35)57(48-16-7-15-45-47-32-38-11-3-4-12-39(38)33-52(47)60-55(45)48)42-27-23-36(24-28-42)43-14-8-18-50-53(43)54-51(58-50)30-29-46-44-13-5-6-17-49(44)59-56(46)54/h1-33H. The topological polar surface area (TPSA) is 3.24 Å². The fourth-order valence-corrected chi connectivity index (χ4v) is 13.1. The lowest BCUT2D eigenvalue weighted by Crippen LogP contribution is -2.10. The summed E-state index contributed by atoms with van der Waals surface area (Å²) in [5, 5.41) is 13.1. The third kappa shape index (κ3) is 5.28. The number of thiophene rings is 3. The number of hydrogen-bond donors (Lipinski definition) is 0. The van der Waals surface area contributed by atoms with Crippen LogP contribution in [0.2, 0.25) is 0 Å². The van der Waals surface area contributed by atoms with Crippen molar-refractivity contribution in [1.82, 2.24) is 0 Å². The van der Waals surface area contributed by atoms with Crippen molar-refractivity contribution in [1.29, 1.82) is 0 Å². The maximum Gasteiger partial charge on any atom is 0.0640 e. The summed E-state index contributed by atoms with van der Waals surface area (Å²) in [6, 6.07) is 74.3. The van der Waals surface area contributed by atoms with Crippen LogP contribution in [0.5, 0.6) is 0 Å². The van der Waals surface area contributed by atoms with Gasteiger partial charge in [-0.05, 0) is 111 Å². The van der Waals surface area contributed by atoms with Crippen LogP contribution in [0.4, 0.5) is 17.1 Å². The van der Waals surface area contributed by atoms with Gasteiger partial charge in [0, 0.05) is 67.2 Å². The Morgan fingerprint density at radius 2 is 0.900 bits per heavy atom. The molecule has 0 atom stereocenters. The third-order valence-corrected chi connectivity index (χ3v) is 15.8. The molecule has 4 heteroatoms. The lowest BCUT2D eigenvalue weighted by Gasteiger charge is -2.26. The van der Waals surface area contributed by atoms with Gasteiger partial charge in [-0.3, -0.25) is 0 Å². The van der Waals surface area contributed by atoms with Gasteiger partial charge in [0.2, 0.25) is 0 Å². The maximum atomic E-state index is 2.45. The Hall–Kier alpha value is -6.82.